The molecule has 0 N–H and O–H groups in total. The van der Waals surface area contributed by atoms with Crippen molar-refractivity contribution in [3.05, 3.63) is 57.7 Å². The minimum absolute atomic E-state index is 0.0755. The number of methoxy groups -OCH3 is 1. The van der Waals surface area contributed by atoms with Gasteiger partial charge in [0.2, 0.25) is 0 Å². The fourth-order valence-corrected chi connectivity index (χ4v) is 3.46. The number of nitro groups is 1. The molecule has 1 aromatic carbocycles. The van der Waals surface area contributed by atoms with Gasteiger partial charge in [-0.2, -0.15) is 8.78 Å². The second-order valence-corrected chi connectivity index (χ2v) is 6.81. The smallest absolute Gasteiger partial charge is 0.387 e. The van der Waals surface area contributed by atoms with Gasteiger partial charge in [0.05, 0.1) is 24.1 Å². The Kier molecular flexibility index (Phi) is 6.76. The van der Waals surface area contributed by atoms with Gasteiger partial charge in [0.15, 0.2) is 11.5 Å². The van der Waals surface area contributed by atoms with E-state index in [0.29, 0.717) is 5.49 Å². The molecule has 0 aliphatic heterocycles. The summed E-state index contributed by atoms with van der Waals surface area (Å²) in [4.78, 5) is 28.6. The molecule has 8 nitrogen and oxygen atoms in total. The number of benzene rings is 1. The number of hydrogen-bond donors (Lipinski definition) is 0. The molecule has 0 spiro atoms. The molecule has 0 unspecified atom stereocenters. The summed E-state index contributed by atoms with van der Waals surface area (Å²) in [6.45, 7) is -3.20. The molecule has 0 radical (unpaired) electrons. The summed E-state index contributed by atoms with van der Waals surface area (Å²) >= 11 is 0. The normalized spacial score (nSPS) is 15.3. The van der Waals surface area contributed by atoms with Gasteiger partial charge in [-0.05, 0) is 25.0 Å². The van der Waals surface area contributed by atoms with Crippen LogP contribution in [0.4, 0.5) is 14.5 Å². The van der Waals surface area contributed by atoms with Crippen molar-refractivity contribution in [1.82, 2.24) is 4.57 Å². The number of alkyl halides is 2. The van der Waals surface area contributed by atoms with E-state index in [4.69, 9.17) is 4.74 Å². The largest absolute Gasteiger partial charge is 0.493 e. The number of rotatable bonds is 6. The number of ether oxygens (including phenoxy) is 2. The molecular weight excluding hydrogens is 400 g/mol. The SMILES string of the molecule is COc1cc(C(=O)n2ccccc2=NC2CCCCC2)c([N+](=O)[O-])cc1OC(F)F. The molecule has 0 amide bonds. The number of carbonyl (C=O) groups is 1. The first-order chi connectivity index (χ1) is 14.4. The molecule has 1 heterocycles. The van der Waals surface area contributed by atoms with E-state index in [-0.39, 0.29) is 17.4 Å². The van der Waals surface area contributed by atoms with Gasteiger partial charge in [0, 0.05) is 12.3 Å². The average Bonchev–Trinajstić information content (AvgIpc) is 2.73. The minimum Gasteiger partial charge on any atom is -0.493 e. The Morgan fingerprint density at radius 3 is 2.60 bits per heavy atom. The van der Waals surface area contributed by atoms with Crippen molar-refractivity contribution in [3.8, 4) is 11.5 Å². The van der Waals surface area contributed by atoms with E-state index < -0.39 is 28.9 Å². The molecular formula is C20H21F2N3O5. The van der Waals surface area contributed by atoms with E-state index in [1.54, 1.807) is 18.2 Å². The molecule has 1 saturated carbocycles. The quantitative estimate of drug-likeness (QED) is 0.520. The van der Waals surface area contributed by atoms with Gasteiger partial charge in [-0.3, -0.25) is 24.5 Å². The maximum atomic E-state index is 13.2. The molecule has 30 heavy (non-hydrogen) atoms. The van der Waals surface area contributed by atoms with Crippen molar-refractivity contribution in [3.63, 3.8) is 0 Å². The van der Waals surface area contributed by atoms with Crippen LogP contribution in [0.5, 0.6) is 11.5 Å². The zero-order valence-electron chi connectivity index (χ0n) is 16.3. The Bertz CT molecular complexity index is 1000. The predicted octanol–water partition coefficient (Wildman–Crippen LogP) is 3.93. The van der Waals surface area contributed by atoms with Crippen LogP contribution in [0, 0.1) is 10.1 Å². The van der Waals surface area contributed by atoms with E-state index in [1.807, 2.05) is 0 Å². The molecule has 0 saturated heterocycles. The van der Waals surface area contributed by atoms with Crippen LogP contribution in [0.3, 0.4) is 0 Å². The summed E-state index contributed by atoms with van der Waals surface area (Å²) in [7, 11) is 1.19. The Hall–Kier alpha value is -3.30. The fourth-order valence-electron chi connectivity index (χ4n) is 3.46. The van der Waals surface area contributed by atoms with Crippen LogP contribution >= 0.6 is 0 Å². The Morgan fingerprint density at radius 1 is 1.23 bits per heavy atom. The van der Waals surface area contributed by atoms with Crippen molar-refractivity contribution in [2.24, 2.45) is 4.99 Å². The maximum absolute atomic E-state index is 13.2. The minimum atomic E-state index is -3.20. The molecule has 160 valence electrons. The molecule has 10 heteroatoms. The molecule has 0 bridgehead atoms. The van der Waals surface area contributed by atoms with Gasteiger partial charge >= 0.3 is 6.61 Å². The third-order valence-electron chi connectivity index (χ3n) is 4.87. The highest BCUT2D eigenvalue weighted by atomic mass is 19.3. The van der Waals surface area contributed by atoms with Gasteiger partial charge in [0.1, 0.15) is 11.1 Å². The van der Waals surface area contributed by atoms with Gasteiger partial charge in [-0.15, -0.1) is 0 Å². The van der Waals surface area contributed by atoms with Gasteiger partial charge in [-0.1, -0.05) is 25.3 Å². The summed E-state index contributed by atoms with van der Waals surface area (Å²) in [5.74, 6) is -1.47. The van der Waals surface area contributed by atoms with E-state index in [9.17, 15) is 23.7 Å². The second-order valence-electron chi connectivity index (χ2n) is 6.81. The van der Waals surface area contributed by atoms with Gasteiger partial charge in [-0.25, -0.2) is 0 Å². The first kappa shape index (κ1) is 21.4. The predicted molar refractivity (Wildman–Crippen MR) is 103 cm³/mol. The lowest BCUT2D eigenvalue weighted by atomic mass is 9.96. The molecule has 1 fully saturated rings. The first-order valence-electron chi connectivity index (χ1n) is 9.48. The molecule has 1 aromatic heterocycles. The summed E-state index contributed by atoms with van der Waals surface area (Å²) in [5, 5.41) is 11.5. The van der Waals surface area contributed by atoms with E-state index >= 15 is 0 Å². The number of carbonyl (C=O) groups excluding carboxylic acids is 1. The number of halogens is 2. The molecule has 1 aliphatic rings. The van der Waals surface area contributed by atoms with E-state index in [1.165, 1.54) is 17.9 Å². The third-order valence-corrected chi connectivity index (χ3v) is 4.87. The third kappa shape index (κ3) is 4.81. The number of hydrogen-bond acceptors (Lipinski definition) is 6. The van der Waals surface area contributed by atoms with Crippen LogP contribution in [0.15, 0.2) is 41.5 Å². The van der Waals surface area contributed by atoms with E-state index in [0.717, 1.165) is 44.2 Å². The lowest BCUT2D eigenvalue weighted by Gasteiger charge is -2.18. The van der Waals surface area contributed by atoms with Crippen LogP contribution in [-0.2, 0) is 0 Å². The molecule has 1 aliphatic carbocycles. The van der Waals surface area contributed by atoms with Crippen LogP contribution in [-0.4, -0.2) is 35.2 Å². The van der Waals surface area contributed by atoms with Crippen LogP contribution in [0.1, 0.15) is 42.5 Å². The average molecular weight is 421 g/mol. The lowest BCUT2D eigenvalue weighted by Crippen LogP contribution is -2.29. The van der Waals surface area contributed by atoms with Gasteiger partial charge in [0.25, 0.3) is 11.6 Å². The zero-order chi connectivity index (χ0) is 21.7. The second kappa shape index (κ2) is 9.47. The molecule has 2 aromatic rings. The van der Waals surface area contributed by atoms with Crippen molar-refractivity contribution < 1.29 is 28.0 Å². The number of nitro benzene ring substituents is 1. The molecule has 0 atom stereocenters. The van der Waals surface area contributed by atoms with Crippen LogP contribution in [0.25, 0.3) is 0 Å². The molecule has 3 rings (SSSR count). The number of aromatic nitrogens is 1. The Morgan fingerprint density at radius 2 is 1.97 bits per heavy atom. The number of pyridine rings is 1. The Labute approximate surface area is 170 Å². The highest BCUT2D eigenvalue weighted by Crippen LogP contribution is 2.36. The van der Waals surface area contributed by atoms with Crippen LogP contribution < -0.4 is 15.0 Å². The van der Waals surface area contributed by atoms with E-state index in [2.05, 4.69) is 9.73 Å². The monoisotopic (exact) mass is 421 g/mol. The van der Waals surface area contributed by atoms with Crippen molar-refractivity contribution in [2.45, 2.75) is 44.8 Å². The van der Waals surface area contributed by atoms with Crippen molar-refractivity contribution in [1.29, 1.82) is 0 Å². The zero-order valence-corrected chi connectivity index (χ0v) is 16.3. The highest BCUT2D eigenvalue weighted by Gasteiger charge is 2.27. The number of nitrogens with zero attached hydrogens (tertiary/aromatic N) is 3. The summed E-state index contributed by atoms with van der Waals surface area (Å²) in [6, 6.07) is 6.85. The van der Waals surface area contributed by atoms with Gasteiger partial charge < -0.3 is 9.47 Å². The fraction of sp³-hybridized carbons (Fsp3) is 0.400. The topological polar surface area (TPSA) is 96.0 Å². The maximum Gasteiger partial charge on any atom is 0.387 e. The summed E-state index contributed by atoms with van der Waals surface area (Å²) < 4.78 is 35.8. The van der Waals surface area contributed by atoms with Crippen molar-refractivity contribution >= 4 is 11.6 Å². The summed E-state index contributed by atoms with van der Waals surface area (Å²) in [5.41, 5.74) is -0.623. The Balaban J connectivity index is 2.09. The van der Waals surface area contributed by atoms with Crippen LogP contribution in [0.2, 0.25) is 0 Å². The lowest BCUT2D eigenvalue weighted by molar-refractivity contribution is -0.385. The standard InChI is InChI=1S/C20H21F2N3O5/c1-29-16-11-14(15(25(27)28)12-17(16)30-20(21)22)19(26)24-10-6-5-9-18(24)23-13-7-3-2-4-8-13/h5-6,9-13,20H,2-4,7-8H2,1H3. The van der Waals surface area contributed by atoms with Crippen molar-refractivity contribution in [2.75, 3.05) is 7.11 Å². The summed E-state index contributed by atoms with van der Waals surface area (Å²) in [6.07, 6.45) is 6.56. The first-order valence-corrected chi connectivity index (χ1v) is 9.48. The highest BCUT2D eigenvalue weighted by molar-refractivity contribution is 6.00.